The molecule has 1 saturated heterocycles. The number of fused-ring (bicyclic) bond motifs is 1. The van der Waals surface area contributed by atoms with Crippen LogP contribution in [0.4, 0.5) is 4.79 Å². The molecule has 6 saturated carbocycles. The first-order chi connectivity index (χ1) is 25.4. The van der Waals surface area contributed by atoms with Gasteiger partial charge in [0, 0.05) is 18.6 Å². The monoisotopic (exact) mass is 754 g/mol. The molecule has 5 atom stereocenters. The number of hydrogen-bond acceptors (Lipinski definition) is 7. The van der Waals surface area contributed by atoms with Crippen molar-refractivity contribution in [1.82, 2.24) is 26.2 Å². The Morgan fingerprint density at radius 2 is 1.46 bits per heavy atom. The van der Waals surface area contributed by atoms with Gasteiger partial charge in [-0.3, -0.25) is 24.0 Å². The van der Waals surface area contributed by atoms with E-state index in [1.165, 1.54) is 19.3 Å². The van der Waals surface area contributed by atoms with E-state index in [4.69, 9.17) is 4.74 Å². The van der Waals surface area contributed by atoms with Crippen molar-refractivity contribution >= 4 is 35.5 Å². The van der Waals surface area contributed by atoms with Gasteiger partial charge in [-0.2, -0.15) is 0 Å². The third kappa shape index (κ3) is 9.09. The Balaban J connectivity index is 1.15. The van der Waals surface area contributed by atoms with E-state index in [1.807, 2.05) is 13.8 Å². The maximum atomic E-state index is 14.8. The molecule has 4 bridgehead atoms. The Morgan fingerprint density at radius 3 is 2.04 bits per heavy atom. The maximum absolute atomic E-state index is 14.8. The number of esters is 1. The number of ketones is 1. The highest BCUT2D eigenvalue weighted by atomic mass is 16.6. The van der Waals surface area contributed by atoms with Crippen LogP contribution >= 0.6 is 0 Å². The SMILES string of the molecule is CC(C)CC[C@@H](NC(=O)[C@@H]1[C@@H]2C(CN1C(=O)[C@@H](NC(=O)NC13CC4CC(CC(C4)C1)C3)C1CCCCC1)C2(C)C)C(=O)C(=O)NCCC(=O)OC(C)(C)C. The van der Waals surface area contributed by atoms with Gasteiger partial charge in [-0.25, -0.2) is 4.79 Å². The first kappa shape index (κ1) is 40.5. The van der Waals surface area contributed by atoms with Crippen LogP contribution in [0.15, 0.2) is 0 Å². The summed E-state index contributed by atoms with van der Waals surface area (Å²) in [7, 11) is 0. The number of carbonyl (C=O) groups is 6. The van der Waals surface area contributed by atoms with Crippen LogP contribution in [0.25, 0.3) is 0 Å². The van der Waals surface area contributed by atoms with Crippen LogP contribution in [0.1, 0.15) is 138 Å². The van der Waals surface area contributed by atoms with Crippen LogP contribution in [0, 0.1) is 46.8 Å². The van der Waals surface area contributed by atoms with Crippen molar-refractivity contribution in [3.8, 4) is 0 Å². The second-order valence-electron chi connectivity index (χ2n) is 20.1. The maximum Gasteiger partial charge on any atom is 0.315 e. The third-order valence-corrected chi connectivity index (χ3v) is 13.8. The Morgan fingerprint density at radius 1 is 0.852 bits per heavy atom. The smallest absolute Gasteiger partial charge is 0.315 e. The molecule has 12 nitrogen and oxygen atoms in total. The summed E-state index contributed by atoms with van der Waals surface area (Å²) >= 11 is 0. The van der Waals surface area contributed by atoms with E-state index in [0.717, 1.165) is 51.4 Å². The number of carbonyl (C=O) groups excluding carboxylic acids is 6. The van der Waals surface area contributed by atoms with Gasteiger partial charge in [0.05, 0.1) is 12.5 Å². The summed E-state index contributed by atoms with van der Waals surface area (Å²) in [5.74, 6) is -0.574. The molecule has 54 heavy (non-hydrogen) atoms. The lowest BCUT2D eigenvalue weighted by Gasteiger charge is -2.56. The number of nitrogens with zero attached hydrogens (tertiary/aromatic N) is 1. The van der Waals surface area contributed by atoms with Crippen LogP contribution in [-0.4, -0.2) is 82.8 Å². The van der Waals surface area contributed by atoms with Crippen molar-refractivity contribution in [3.05, 3.63) is 0 Å². The topological polar surface area (TPSA) is 163 Å². The molecule has 4 N–H and O–H groups in total. The largest absolute Gasteiger partial charge is 0.460 e. The Hall–Kier alpha value is -3.18. The quantitative estimate of drug-likeness (QED) is 0.143. The fourth-order valence-electron chi connectivity index (χ4n) is 11.5. The van der Waals surface area contributed by atoms with Crippen LogP contribution in [0.3, 0.4) is 0 Å². The minimum absolute atomic E-state index is 0.0215. The number of nitrogens with one attached hydrogen (secondary N) is 4. The van der Waals surface area contributed by atoms with Crippen molar-refractivity contribution < 1.29 is 33.5 Å². The van der Waals surface area contributed by atoms with E-state index in [-0.39, 0.29) is 66.0 Å². The Kier molecular flexibility index (Phi) is 11.8. The lowest BCUT2D eigenvalue weighted by molar-refractivity contribution is -0.154. The highest BCUT2D eigenvalue weighted by Gasteiger charge is 2.70. The summed E-state index contributed by atoms with van der Waals surface area (Å²) < 4.78 is 5.30. The molecule has 0 aromatic heterocycles. The molecule has 5 amide bonds. The summed E-state index contributed by atoms with van der Waals surface area (Å²) in [5, 5.41) is 12.0. The van der Waals surface area contributed by atoms with E-state index >= 15 is 0 Å². The van der Waals surface area contributed by atoms with E-state index < -0.39 is 47.3 Å². The van der Waals surface area contributed by atoms with Crippen molar-refractivity contribution in [1.29, 1.82) is 0 Å². The first-order valence-electron chi connectivity index (χ1n) is 21.1. The zero-order chi connectivity index (χ0) is 39.2. The summed E-state index contributed by atoms with van der Waals surface area (Å²) in [6, 6.07) is -2.92. The zero-order valence-electron chi connectivity index (χ0n) is 33.9. The molecule has 302 valence electrons. The molecule has 0 aromatic carbocycles. The number of rotatable bonds is 14. The van der Waals surface area contributed by atoms with Gasteiger partial charge < -0.3 is 30.9 Å². The lowest BCUT2D eigenvalue weighted by atomic mass is 9.53. The Bertz CT molecular complexity index is 1430. The van der Waals surface area contributed by atoms with Gasteiger partial charge in [0.15, 0.2) is 0 Å². The Labute approximate surface area is 322 Å². The van der Waals surface area contributed by atoms with Crippen LogP contribution in [-0.2, 0) is 28.7 Å². The number of amides is 5. The van der Waals surface area contributed by atoms with E-state index in [0.29, 0.717) is 30.7 Å². The molecule has 1 unspecified atom stereocenters. The van der Waals surface area contributed by atoms with Gasteiger partial charge in [0.25, 0.3) is 5.91 Å². The van der Waals surface area contributed by atoms with Crippen molar-refractivity contribution in [2.24, 2.45) is 46.8 Å². The zero-order valence-corrected chi connectivity index (χ0v) is 33.9. The highest BCUT2D eigenvalue weighted by molar-refractivity contribution is 6.38. The molecular weight excluding hydrogens is 686 g/mol. The van der Waals surface area contributed by atoms with Crippen molar-refractivity contribution in [3.63, 3.8) is 0 Å². The molecule has 0 radical (unpaired) electrons. The number of hydrogen-bond donors (Lipinski definition) is 4. The second-order valence-corrected chi connectivity index (χ2v) is 20.1. The molecule has 0 spiro atoms. The molecular formula is C42H67N5O7. The van der Waals surface area contributed by atoms with Crippen LogP contribution in [0.5, 0.6) is 0 Å². The van der Waals surface area contributed by atoms with Crippen LogP contribution in [0.2, 0.25) is 0 Å². The van der Waals surface area contributed by atoms with Gasteiger partial charge in [-0.05, 0) is 132 Å². The molecule has 7 fully saturated rings. The molecule has 6 aliphatic carbocycles. The normalized spacial score (nSPS) is 32.0. The summed E-state index contributed by atoms with van der Waals surface area (Å²) in [6.45, 7) is 13.8. The molecule has 1 aliphatic heterocycles. The highest BCUT2D eigenvalue weighted by Crippen LogP contribution is 2.65. The average molecular weight is 754 g/mol. The number of urea groups is 1. The summed E-state index contributed by atoms with van der Waals surface area (Å²) in [5.41, 5.74) is -1.03. The molecule has 0 aromatic rings. The molecule has 7 rings (SSSR count). The summed E-state index contributed by atoms with van der Waals surface area (Å²) in [6.07, 6.45) is 12.4. The number of ether oxygens (including phenoxy) is 1. The molecule has 12 heteroatoms. The first-order valence-corrected chi connectivity index (χ1v) is 21.1. The minimum atomic E-state index is -1.09. The van der Waals surface area contributed by atoms with E-state index in [1.54, 1.807) is 25.7 Å². The molecule has 7 aliphatic rings. The van der Waals surface area contributed by atoms with Gasteiger partial charge in [-0.15, -0.1) is 0 Å². The van der Waals surface area contributed by atoms with Crippen molar-refractivity contribution in [2.75, 3.05) is 13.1 Å². The minimum Gasteiger partial charge on any atom is -0.460 e. The van der Waals surface area contributed by atoms with Gasteiger partial charge in [0.2, 0.25) is 17.6 Å². The summed E-state index contributed by atoms with van der Waals surface area (Å²) in [4.78, 5) is 83.5. The van der Waals surface area contributed by atoms with E-state index in [2.05, 4.69) is 35.1 Å². The number of likely N-dealkylation sites (tertiary alicyclic amines) is 1. The third-order valence-electron chi connectivity index (χ3n) is 13.8. The van der Waals surface area contributed by atoms with Crippen LogP contribution < -0.4 is 21.3 Å². The molecule has 1 heterocycles. The van der Waals surface area contributed by atoms with Gasteiger partial charge >= 0.3 is 12.0 Å². The predicted octanol–water partition coefficient (Wildman–Crippen LogP) is 5.02. The number of piperidine rings is 1. The fraction of sp³-hybridized carbons (Fsp3) is 0.857. The van der Waals surface area contributed by atoms with Crippen molar-refractivity contribution in [2.45, 2.75) is 168 Å². The average Bonchev–Trinajstić information content (AvgIpc) is 3.38. The second kappa shape index (κ2) is 15.8. The number of Topliss-reactive ketones (excluding diaryl/α,β-unsaturated/α-hetero) is 1. The fourth-order valence-corrected chi connectivity index (χ4v) is 11.5. The van der Waals surface area contributed by atoms with Gasteiger partial charge in [0.1, 0.15) is 17.7 Å². The van der Waals surface area contributed by atoms with Gasteiger partial charge in [-0.1, -0.05) is 47.0 Å². The standard InChI is InChI=1S/C42H67N5O7/c1-24(2)13-14-30(35(49)37(51)43-16-15-31(48)54-40(3,4)5)44-36(50)34-32-29(41(32,6)7)23-47(34)38(52)33(28-11-9-8-10-12-28)45-39(53)46-42-20-25-17-26(21-42)19-27(18-25)22-42/h24-30,32-34H,8-23H2,1-7H3,(H,43,51)(H,44,50)(H2,45,46,53)/t25?,26?,27?,29?,30-,32+,33+,34+,42?/m1/s1. The predicted molar refractivity (Wildman–Crippen MR) is 204 cm³/mol. The van der Waals surface area contributed by atoms with E-state index in [9.17, 15) is 28.8 Å². The lowest BCUT2D eigenvalue weighted by Crippen LogP contribution is -2.64.